The molecule has 1 heterocycles. The largest absolute Gasteiger partial charge is 0.481 e. The Hall–Kier alpha value is -1.92. The van der Waals surface area contributed by atoms with Crippen LogP contribution in [0.5, 0.6) is 0 Å². The van der Waals surface area contributed by atoms with E-state index in [1.54, 1.807) is 0 Å². The summed E-state index contributed by atoms with van der Waals surface area (Å²) in [6, 6.07) is 0.281. The number of carbonyl (C=O) groups is 2. The second kappa shape index (κ2) is 4.07. The molecular weight excluding hydrogens is 215 g/mol. The maximum Gasteiger partial charge on any atom is 0.311 e. The standard InChI is InChI=1S/C8H4F3NO3/c9-4-1-3(5(13)2-6(14)15)7(10)12-8(4)11/h1H,2H2,(H,14,15). The molecule has 0 radical (unpaired) electrons. The lowest BCUT2D eigenvalue weighted by Crippen LogP contribution is -2.11. The highest BCUT2D eigenvalue weighted by atomic mass is 19.2. The van der Waals surface area contributed by atoms with Gasteiger partial charge in [0.25, 0.3) is 5.95 Å². The summed E-state index contributed by atoms with van der Waals surface area (Å²) in [7, 11) is 0. The Morgan fingerprint density at radius 2 is 1.87 bits per heavy atom. The maximum absolute atomic E-state index is 12.8. The van der Waals surface area contributed by atoms with E-state index in [0.29, 0.717) is 0 Å². The minimum Gasteiger partial charge on any atom is -0.481 e. The predicted octanol–water partition coefficient (Wildman–Crippen LogP) is 1.16. The number of ketones is 1. The van der Waals surface area contributed by atoms with Crippen molar-refractivity contribution in [2.75, 3.05) is 0 Å². The van der Waals surface area contributed by atoms with Crippen LogP contribution in [0.2, 0.25) is 0 Å². The topological polar surface area (TPSA) is 67.3 Å². The van der Waals surface area contributed by atoms with Gasteiger partial charge in [0.1, 0.15) is 6.42 Å². The number of carboxylic acid groups (broad SMARTS) is 1. The van der Waals surface area contributed by atoms with Crippen LogP contribution in [0.4, 0.5) is 13.2 Å². The summed E-state index contributed by atoms with van der Waals surface area (Å²) in [5, 5.41) is 8.23. The molecule has 80 valence electrons. The smallest absolute Gasteiger partial charge is 0.311 e. The molecule has 0 fully saturated rings. The zero-order chi connectivity index (χ0) is 11.6. The fourth-order valence-electron chi connectivity index (χ4n) is 0.874. The molecule has 0 saturated carbocycles. The third kappa shape index (κ3) is 2.52. The van der Waals surface area contributed by atoms with E-state index in [-0.39, 0.29) is 6.07 Å². The number of pyridine rings is 1. The number of halogens is 3. The summed E-state index contributed by atoms with van der Waals surface area (Å²) in [5.74, 6) is -7.39. The number of nitrogens with zero attached hydrogens (tertiary/aromatic N) is 1. The van der Waals surface area contributed by atoms with Crippen LogP contribution < -0.4 is 0 Å². The Kier molecular flexibility index (Phi) is 3.03. The van der Waals surface area contributed by atoms with E-state index in [1.165, 1.54) is 0 Å². The maximum atomic E-state index is 12.8. The SMILES string of the molecule is O=C(O)CC(=O)c1cc(F)c(F)nc1F. The first-order valence-electron chi connectivity index (χ1n) is 3.68. The number of aromatic nitrogens is 1. The molecule has 4 nitrogen and oxygen atoms in total. The van der Waals surface area contributed by atoms with Crippen LogP contribution in [0.3, 0.4) is 0 Å². The van der Waals surface area contributed by atoms with E-state index < -0.39 is 41.4 Å². The molecule has 0 unspecified atom stereocenters. The van der Waals surface area contributed by atoms with Crippen molar-refractivity contribution in [3.63, 3.8) is 0 Å². The van der Waals surface area contributed by atoms with Crippen LogP contribution in [0, 0.1) is 17.7 Å². The van der Waals surface area contributed by atoms with Gasteiger partial charge in [0, 0.05) is 0 Å². The number of hydrogen-bond acceptors (Lipinski definition) is 3. The molecule has 7 heteroatoms. The summed E-state index contributed by atoms with van der Waals surface area (Å²) in [6.45, 7) is 0. The van der Waals surface area contributed by atoms with Crippen LogP contribution in [0.15, 0.2) is 6.07 Å². The van der Waals surface area contributed by atoms with E-state index in [1.807, 2.05) is 0 Å². The van der Waals surface area contributed by atoms with E-state index in [2.05, 4.69) is 4.98 Å². The molecule has 1 N–H and O–H groups in total. The molecule has 1 aromatic rings. The first-order valence-corrected chi connectivity index (χ1v) is 3.68. The monoisotopic (exact) mass is 219 g/mol. The highest BCUT2D eigenvalue weighted by Crippen LogP contribution is 2.12. The number of rotatable bonds is 3. The van der Waals surface area contributed by atoms with Gasteiger partial charge in [-0.1, -0.05) is 0 Å². The number of Topliss-reactive ketones (excluding diaryl/α,β-unsaturated/α-hetero) is 1. The molecule has 1 rings (SSSR count). The summed E-state index contributed by atoms with van der Waals surface area (Å²) >= 11 is 0. The van der Waals surface area contributed by atoms with E-state index in [4.69, 9.17) is 5.11 Å². The minimum atomic E-state index is -1.68. The number of hydrogen-bond donors (Lipinski definition) is 1. The molecule has 0 aliphatic rings. The van der Waals surface area contributed by atoms with Crippen molar-refractivity contribution in [3.05, 3.63) is 29.3 Å². The molecular formula is C8H4F3NO3. The van der Waals surface area contributed by atoms with Crippen molar-refractivity contribution in [3.8, 4) is 0 Å². The molecule has 1 aromatic heterocycles. The lowest BCUT2D eigenvalue weighted by molar-refractivity contribution is -0.135. The Labute approximate surface area is 81.4 Å². The molecule has 0 amide bonds. The van der Waals surface area contributed by atoms with Gasteiger partial charge in [-0.3, -0.25) is 9.59 Å². The average molecular weight is 219 g/mol. The number of aliphatic carboxylic acids is 1. The van der Waals surface area contributed by atoms with Gasteiger partial charge in [-0.25, -0.2) is 4.39 Å². The van der Waals surface area contributed by atoms with Crippen LogP contribution in [0.1, 0.15) is 16.8 Å². The second-order valence-electron chi connectivity index (χ2n) is 2.59. The molecule has 0 saturated heterocycles. The third-order valence-electron chi connectivity index (χ3n) is 1.50. The molecule has 0 bridgehead atoms. The average Bonchev–Trinajstić information content (AvgIpc) is 2.09. The highest BCUT2D eigenvalue weighted by molar-refractivity contribution is 6.05. The third-order valence-corrected chi connectivity index (χ3v) is 1.50. The molecule has 0 atom stereocenters. The minimum absolute atomic E-state index is 0.281. The van der Waals surface area contributed by atoms with Gasteiger partial charge in [0.15, 0.2) is 11.6 Å². The zero-order valence-corrected chi connectivity index (χ0v) is 7.13. The molecule has 0 spiro atoms. The summed E-state index contributed by atoms with van der Waals surface area (Å²) in [4.78, 5) is 23.6. The fraction of sp³-hybridized carbons (Fsp3) is 0.125. The van der Waals surface area contributed by atoms with Gasteiger partial charge in [0.05, 0.1) is 5.56 Å². The normalized spacial score (nSPS) is 10.1. The van der Waals surface area contributed by atoms with Gasteiger partial charge < -0.3 is 5.11 Å². The van der Waals surface area contributed by atoms with Crippen molar-refractivity contribution >= 4 is 11.8 Å². The van der Waals surface area contributed by atoms with Gasteiger partial charge in [-0.05, 0) is 6.07 Å². The van der Waals surface area contributed by atoms with Crippen LogP contribution in [-0.4, -0.2) is 21.8 Å². The molecule has 0 aliphatic carbocycles. The van der Waals surface area contributed by atoms with Gasteiger partial charge >= 0.3 is 5.97 Å². The summed E-state index contributed by atoms with van der Waals surface area (Å²) in [5.41, 5.74) is -0.878. The lowest BCUT2D eigenvalue weighted by atomic mass is 10.1. The van der Waals surface area contributed by atoms with Crippen LogP contribution in [0.25, 0.3) is 0 Å². The Balaban J connectivity index is 3.09. The van der Waals surface area contributed by atoms with Crippen molar-refractivity contribution in [2.24, 2.45) is 0 Å². The van der Waals surface area contributed by atoms with Gasteiger partial charge in [0.2, 0.25) is 5.95 Å². The Morgan fingerprint density at radius 3 is 2.40 bits per heavy atom. The second-order valence-corrected chi connectivity index (χ2v) is 2.59. The zero-order valence-electron chi connectivity index (χ0n) is 7.13. The number of carboxylic acids is 1. The Morgan fingerprint density at radius 1 is 1.27 bits per heavy atom. The van der Waals surface area contributed by atoms with E-state index in [0.717, 1.165) is 0 Å². The summed E-state index contributed by atoms with van der Waals surface area (Å²) in [6.07, 6.45) is -1.01. The molecule has 0 aromatic carbocycles. The molecule has 0 aliphatic heterocycles. The van der Waals surface area contributed by atoms with Gasteiger partial charge in [-0.2, -0.15) is 13.8 Å². The summed E-state index contributed by atoms with van der Waals surface area (Å²) < 4.78 is 37.7. The number of carbonyl (C=O) groups excluding carboxylic acids is 1. The van der Waals surface area contributed by atoms with Crippen molar-refractivity contribution in [1.82, 2.24) is 4.98 Å². The van der Waals surface area contributed by atoms with Crippen molar-refractivity contribution in [2.45, 2.75) is 6.42 Å². The highest BCUT2D eigenvalue weighted by Gasteiger charge is 2.19. The van der Waals surface area contributed by atoms with E-state index >= 15 is 0 Å². The van der Waals surface area contributed by atoms with E-state index in [9.17, 15) is 22.8 Å². The van der Waals surface area contributed by atoms with Crippen molar-refractivity contribution < 1.29 is 27.9 Å². The first-order chi connectivity index (χ1) is 6.91. The first kappa shape index (κ1) is 11.2. The van der Waals surface area contributed by atoms with Gasteiger partial charge in [-0.15, -0.1) is 0 Å². The molecule has 15 heavy (non-hydrogen) atoms. The fourth-order valence-corrected chi connectivity index (χ4v) is 0.874. The van der Waals surface area contributed by atoms with Crippen molar-refractivity contribution in [1.29, 1.82) is 0 Å². The predicted molar refractivity (Wildman–Crippen MR) is 40.7 cm³/mol. The van der Waals surface area contributed by atoms with Crippen LogP contribution >= 0.6 is 0 Å². The quantitative estimate of drug-likeness (QED) is 0.470. The lowest BCUT2D eigenvalue weighted by Gasteiger charge is -2.00. The Bertz CT molecular complexity index is 433. The van der Waals surface area contributed by atoms with Crippen LogP contribution in [-0.2, 0) is 4.79 Å².